The normalized spacial score (nSPS) is 23.1. The molecule has 3 rings (SSSR count). The van der Waals surface area contributed by atoms with Gasteiger partial charge < -0.3 is 13.9 Å². The van der Waals surface area contributed by atoms with Gasteiger partial charge in [-0.05, 0) is 21.7 Å². The zero-order chi connectivity index (χ0) is 20.2. The summed E-state index contributed by atoms with van der Waals surface area (Å²) in [5, 5.41) is 2.97. The second-order valence-electron chi connectivity index (χ2n) is 8.32. The predicted molar refractivity (Wildman–Crippen MR) is 121 cm³/mol. The third kappa shape index (κ3) is 4.24. The maximum atomic E-state index is 7.02. The van der Waals surface area contributed by atoms with Gasteiger partial charge in [0.15, 0.2) is 6.29 Å². The molecule has 0 radical (unpaired) electrons. The number of ether oxygens (including phenoxy) is 2. The zero-order valence-electron chi connectivity index (χ0n) is 17.6. The number of thioether (sulfide) groups is 1. The minimum atomic E-state index is -2.52. The lowest BCUT2D eigenvalue weighted by Crippen LogP contribution is -2.67. The largest absolute Gasteiger partial charge is 0.405 e. The van der Waals surface area contributed by atoms with Gasteiger partial charge in [-0.3, -0.25) is 0 Å². The molecule has 0 N–H and O–H groups in total. The molecular weight excluding hydrogens is 384 g/mol. The van der Waals surface area contributed by atoms with Gasteiger partial charge in [-0.15, -0.1) is 0 Å². The lowest BCUT2D eigenvalue weighted by Gasteiger charge is -2.43. The molecule has 2 aromatic carbocycles. The molecule has 2 aromatic rings. The maximum Gasteiger partial charge on any atom is 0.261 e. The van der Waals surface area contributed by atoms with Crippen LogP contribution in [0.5, 0.6) is 0 Å². The summed E-state index contributed by atoms with van der Waals surface area (Å²) in [5.41, 5.74) is 0. The van der Waals surface area contributed by atoms with Crippen LogP contribution in [-0.4, -0.2) is 45.9 Å². The number of benzene rings is 2. The maximum absolute atomic E-state index is 7.02. The second-order valence-corrected chi connectivity index (χ2v) is 13.7. The highest BCUT2D eigenvalue weighted by Crippen LogP contribution is 2.38. The Kier molecular flexibility index (Phi) is 7.05. The molecule has 0 aromatic heterocycles. The summed E-state index contributed by atoms with van der Waals surface area (Å²) in [6, 6.07) is 21.5. The van der Waals surface area contributed by atoms with Gasteiger partial charge in [-0.2, -0.15) is 11.8 Å². The van der Waals surface area contributed by atoms with Crippen LogP contribution in [-0.2, 0) is 13.9 Å². The van der Waals surface area contributed by atoms with Crippen molar-refractivity contribution in [3.63, 3.8) is 0 Å². The summed E-state index contributed by atoms with van der Waals surface area (Å²) in [6.07, 6.45) is 2.96. The second kappa shape index (κ2) is 9.14. The smallest absolute Gasteiger partial charge is 0.261 e. The van der Waals surface area contributed by atoms with Crippen molar-refractivity contribution < 1.29 is 13.9 Å². The molecular formula is C23H32O3SSi. The van der Waals surface area contributed by atoms with Crippen LogP contribution in [0.1, 0.15) is 27.2 Å². The number of hydrogen-bond donors (Lipinski definition) is 0. The summed E-state index contributed by atoms with van der Waals surface area (Å²) >= 11 is 1.84. The van der Waals surface area contributed by atoms with E-state index in [0.29, 0.717) is 11.9 Å². The van der Waals surface area contributed by atoms with Crippen molar-refractivity contribution in [1.29, 1.82) is 0 Å². The highest BCUT2D eigenvalue weighted by atomic mass is 32.2. The van der Waals surface area contributed by atoms with Crippen LogP contribution >= 0.6 is 11.8 Å². The van der Waals surface area contributed by atoms with E-state index in [1.54, 1.807) is 7.11 Å². The van der Waals surface area contributed by atoms with Crippen LogP contribution in [0.25, 0.3) is 0 Å². The molecule has 5 heteroatoms. The summed E-state index contributed by atoms with van der Waals surface area (Å²) in [5.74, 6) is 0. The molecule has 1 aliphatic heterocycles. The molecule has 1 heterocycles. The first-order valence-electron chi connectivity index (χ1n) is 9.88. The molecule has 1 fully saturated rings. The molecule has 152 valence electrons. The van der Waals surface area contributed by atoms with Crippen molar-refractivity contribution in [2.24, 2.45) is 0 Å². The van der Waals surface area contributed by atoms with Crippen LogP contribution in [0.15, 0.2) is 60.7 Å². The Labute approximate surface area is 174 Å². The zero-order valence-corrected chi connectivity index (χ0v) is 19.4. The molecule has 0 saturated carbocycles. The third-order valence-corrected chi connectivity index (χ3v) is 11.7. The standard InChI is InChI=1S/C23H32O3SSi/c1-23(2,3)28(18-12-8-6-9-13-18,19-14-10-7-11-15-19)25-17-20-21(27-5)16-22(24-4)26-20/h6-15,20-22H,16-17H2,1-5H3/t20-,21+,22+/m1/s1. The number of methoxy groups -OCH3 is 1. The van der Waals surface area contributed by atoms with Crippen molar-refractivity contribution in [3.8, 4) is 0 Å². The molecule has 0 bridgehead atoms. The first kappa shape index (κ1) is 21.6. The van der Waals surface area contributed by atoms with Gasteiger partial charge in [0.25, 0.3) is 8.32 Å². The molecule has 1 saturated heterocycles. The van der Waals surface area contributed by atoms with E-state index in [9.17, 15) is 0 Å². The molecule has 0 amide bonds. The lowest BCUT2D eigenvalue weighted by atomic mass is 10.2. The Morgan fingerprint density at radius 3 is 1.96 bits per heavy atom. The van der Waals surface area contributed by atoms with Crippen molar-refractivity contribution in [2.75, 3.05) is 20.0 Å². The summed E-state index contributed by atoms with van der Waals surface area (Å²) in [4.78, 5) is 0. The van der Waals surface area contributed by atoms with Crippen molar-refractivity contribution >= 4 is 30.5 Å². The van der Waals surface area contributed by atoms with Crippen LogP contribution in [0.4, 0.5) is 0 Å². The fraction of sp³-hybridized carbons (Fsp3) is 0.478. The van der Waals surface area contributed by atoms with Crippen LogP contribution in [0.3, 0.4) is 0 Å². The topological polar surface area (TPSA) is 27.7 Å². The van der Waals surface area contributed by atoms with Crippen molar-refractivity contribution in [3.05, 3.63) is 60.7 Å². The quantitative estimate of drug-likeness (QED) is 0.636. The molecule has 0 unspecified atom stereocenters. The molecule has 1 aliphatic rings. The Morgan fingerprint density at radius 2 is 1.54 bits per heavy atom. The fourth-order valence-electron chi connectivity index (χ4n) is 4.19. The van der Waals surface area contributed by atoms with Crippen LogP contribution in [0, 0.1) is 0 Å². The minimum absolute atomic E-state index is 0.0240. The van der Waals surface area contributed by atoms with Crippen LogP contribution in [0.2, 0.25) is 5.04 Å². The summed E-state index contributed by atoms with van der Waals surface area (Å²) in [7, 11) is -0.806. The van der Waals surface area contributed by atoms with Gasteiger partial charge in [0.1, 0.15) is 0 Å². The van der Waals surface area contributed by atoms with Gasteiger partial charge in [-0.1, -0.05) is 81.4 Å². The molecule has 28 heavy (non-hydrogen) atoms. The van der Waals surface area contributed by atoms with Gasteiger partial charge >= 0.3 is 0 Å². The Morgan fingerprint density at radius 1 is 1.00 bits per heavy atom. The highest BCUT2D eigenvalue weighted by Gasteiger charge is 2.51. The molecule has 0 aliphatic carbocycles. The van der Waals surface area contributed by atoms with E-state index in [4.69, 9.17) is 13.9 Å². The average molecular weight is 417 g/mol. The van der Waals surface area contributed by atoms with Gasteiger partial charge in [0.05, 0.1) is 12.7 Å². The van der Waals surface area contributed by atoms with E-state index in [1.165, 1.54) is 10.4 Å². The van der Waals surface area contributed by atoms with E-state index >= 15 is 0 Å². The summed E-state index contributed by atoms with van der Waals surface area (Å²) in [6.45, 7) is 7.49. The highest BCUT2D eigenvalue weighted by molar-refractivity contribution is 7.99. The van der Waals surface area contributed by atoms with Crippen molar-refractivity contribution in [2.45, 2.75) is 49.9 Å². The molecule has 3 nitrogen and oxygen atoms in total. The van der Waals surface area contributed by atoms with E-state index in [-0.39, 0.29) is 17.4 Å². The summed E-state index contributed by atoms with van der Waals surface area (Å²) < 4.78 is 18.6. The first-order chi connectivity index (χ1) is 13.4. The average Bonchev–Trinajstić information content (AvgIpc) is 3.11. The fourth-order valence-corrected chi connectivity index (χ4v) is 9.56. The third-order valence-electron chi connectivity index (χ3n) is 5.61. The SMILES string of the molecule is CO[C@@H]1C[C@H](SC)[C@@H](CO[Si](c2ccccc2)(c2ccccc2)C(C)(C)C)O1. The predicted octanol–water partition coefficient (Wildman–Crippen LogP) is 4.06. The Bertz CT molecular complexity index is 693. The van der Waals surface area contributed by atoms with E-state index in [0.717, 1.165) is 6.42 Å². The molecule has 0 spiro atoms. The molecule has 3 atom stereocenters. The minimum Gasteiger partial charge on any atom is -0.405 e. The van der Waals surface area contributed by atoms with Crippen molar-refractivity contribution in [1.82, 2.24) is 0 Å². The number of hydrogen-bond acceptors (Lipinski definition) is 4. The van der Waals surface area contributed by atoms with E-state index in [1.807, 2.05) is 11.8 Å². The van der Waals surface area contributed by atoms with Crippen LogP contribution < -0.4 is 10.4 Å². The van der Waals surface area contributed by atoms with E-state index < -0.39 is 8.32 Å². The van der Waals surface area contributed by atoms with Gasteiger partial charge in [-0.25, -0.2) is 0 Å². The Balaban J connectivity index is 1.99. The Hall–Kier alpha value is -1.11. The van der Waals surface area contributed by atoms with Gasteiger partial charge in [0, 0.05) is 18.8 Å². The lowest BCUT2D eigenvalue weighted by molar-refractivity contribution is -0.121. The number of rotatable bonds is 7. The van der Waals surface area contributed by atoms with E-state index in [2.05, 4.69) is 87.7 Å². The monoisotopic (exact) mass is 416 g/mol. The van der Waals surface area contributed by atoms with Gasteiger partial charge in [0.2, 0.25) is 0 Å². The first-order valence-corrected chi connectivity index (χ1v) is 13.1.